The molecule has 0 bridgehead atoms. The molecule has 2 aromatic rings. The molecule has 0 spiro atoms. The first-order valence-corrected chi connectivity index (χ1v) is 11.0. The molecule has 0 unspecified atom stereocenters. The van der Waals surface area contributed by atoms with Crippen molar-refractivity contribution in [2.45, 2.75) is 48.7 Å². The van der Waals surface area contributed by atoms with Crippen LogP contribution in [0.1, 0.15) is 44.1 Å². The molecule has 2 fully saturated rings. The second-order valence-electron chi connectivity index (χ2n) is 7.58. The third-order valence-electron chi connectivity index (χ3n) is 6.06. The number of benzene rings is 2. The molecule has 2 aliphatic carbocycles. The van der Waals surface area contributed by atoms with E-state index in [1.54, 1.807) is 24.3 Å². The van der Waals surface area contributed by atoms with Gasteiger partial charge in [-0.25, -0.2) is 8.42 Å². The van der Waals surface area contributed by atoms with Gasteiger partial charge in [0.25, 0.3) is 0 Å². The van der Waals surface area contributed by atoms with Crippen molar-refractivity contribution in [2.24, 2.45) is 11.3 Å². The van der Waals surface area contributed by atoms with Crippen molar-refractivity contribution in [3.8, 4) is 11.8 Å². The Bertz CT molecular complexity index is 922. The van der Waals surface area contributed by atoms with Gasteiger partial charge in [-0.15, -0.1) is 0 Å². The number of hydrogen-bond donors (Lipinski definition) is 0. The van der Waals surface area contributed by atoms with E-state index in [-0.39, 0.29) is 16.6 Å². The molecule has 0 radical (unpaired) electrons. The molecule has 0 aliphatic heterocycles. The van der Waals surface area contributed by atoms with E-state index in [2.05, 4.69) is 11.8 Å². The predicted octanol–water partition coefficient (Wildman–Crippen LogP) is 4.85. The highest BCUT2D eigenvalue weighted by Crippen LogP contribution is 2.57. The molecule has 3 heteroatoms. The Labute approximate surface area is 156 Å². The SMILES string of the molecule is O=S(=O)(c1ccccc1)[C@@H]1C[C@@]2(C#Cc3ccccc3)CCCCC[C@@H]12. The second kappa shape index (κ2) is 6.93. The molecule has 0 saturated heterocycles. The molecular formula is C23H24O2S. The Morgan fingerprint density at radius 3 is 2.31 bits per heavy atom. The van der Waals surface area contributed by atoms with Crippen LogP contribution in [0.5, 0.6) is 0 Å². The van der Waals surface area contributed by atoms with Crippen molar-refractivity contribution in [2.75, 3.05) is 0 Å². The van der Waals surface area contributed by atoms with Crippen molar-refractivity contribution in [3.63, 3.8) is 0 Å². The maximum absolute atomic E-state index is 13.1. The fourth-order valence-corrected chi connectivity index (χ4v) is 6.85. The first-order chi connectivity index (χ1) is 12.6. The van der Waals surface area contributed by atoms with Gasteiger partial charge in [0, 0.05) is 11.0 Å². The van der Waals surface area contributed by atoms with Crippen molar-refractivity contribution in [3.05, 3.63) is 66.2 Å². The van der Waals surface area contributed by atoms with E-state index in [1.807, 2.05) is 36.4 Å². The fraction of sp³-hybridized carbons (Fsp3) is 0.391. The summed E-state index contributed by atoms with van der Waals surface area (Å²) in [5.74, 6) is 7.02. The minimum absolute atomic E-state index is 0.126. The zero-order valence-corrected chi connectivity index (χ0v) is 15.7. The topological polar surface area (TPSA) is 34.1 Å². The van der Waals surface area contributed by atoms with Crippen LogP contribution in [0.2, 0.25) is 0 Å². The number of fused-ring (bicyclic) bond motifs is 1. The lowest BCUT2D eigenvalue weighted by Gasteiger charge is -2.51. The second-order valence-corrected chi connectivity index (χ2v) is 9.75. The van der Waals surface area contributed by atoms with Crippen LogP contribution in [0.15, 0.2) is 65.6 Å². The molecular weight excluding hydrogens is 340 g/mol. The van der Waals surface area contributed by atoms with Crippen LogP contribution in [0.4, 0.5) is 0 Å². The smallest absolute Gasteiger partial charge is 0.181 e. The summed E-state index contributed by atoms with van der Waals surface area (Å²) in [4.78, 5) is 0.457. The maximum atomic E-state index is 13.1. The van der Waals surface area contributed by atoms with Crippen LogP contribution in [0.3, 0.4) is 0 Å². The summed E-state index contributed by atoms with van der Waals surface area (Å²) in [6.45, 7) is 0. The molecule has 4 rings (SSSR count). The molecule has 0 N–H and O–H groups in total. The standard InChI is InChI=1S/C23H24O2S/c24-26(25,20-12-6-2-7-13-20)22-18-23(16-9-3-8-14-21(22)23)17-15-19-10-4-1-5-11-19/h1-2,4-7,10-13,21-22H,3,8-9,14,16,18H2/t21-,22+,23-/m0/s1. The zero-order chi connectivity index (χ0) is 18.0. The highest BCUT2D eigenvalue weighted by molar-refractivity contribution is 7.92. The van der Waals surface area contributed by atoms with Gasteiger partial charge in [-0.2, -0.15) is 0 Å². The lowest BCUT2D eigenvalue weighted by Crippen LogP contribution is -2.53. The lowest BCUT2D eigenvalue weighted by molar-refractivity contribution is 0.0924. The maximum Gasteiger partial charge on any atom is 0.181 e. The quantitative estimate of drug-likeness (QED) is 0.714. The average Bonchev–Trinajstić information content (AvgIpc) is 2.81. The normalized spacial score (nSPS) is 28.0. The third-order valence-corrected chi connectivity index (χ3v) is 8.28. The molecule has 2 aromatic carbocycles. The van der Waals surface area contributed by atoms with Gasteiger partial charge in [0.1, 0.15) is 0 Å². The van der Waals surface area contributed by atoms with Gasteiger partial charge >= 0.3 is 0 Å². The molecule has 2 aliphatic rings. The van der Waals surface area contributed by atoms with Gasteiger partial charge in [0.2, 0.25) is 0 Å². The summed E-state index contributed by atoms with van der Waals surface area (Å²) in [7, 11) is -3.28. The number of rotatable bonds is 2. The van der Waals surface area contributed by atoms with E-state index in [1.165, 1.54) is 6.42 Å². The van der Waals surface area contributed by atoms with Gasteiger partial charge in [0.15, 0.2) is 9.84 Å². The summed E-state index contributed by atoms with van der Waals surface area (Å²) < 4.78 is 26.3. The molecule has 134 valence electrons. The molecule has 2 nitrogen and oxygen atoms in total. The van der Waals surface area contributed by atoms with Crippen LogP contribution in [0.25, 0.3) is 0 Å². The van der Waals surface area contributed by atoms with E-state index in [0.29, 0.717) is 11.3 Å². The van der Waals surface area contributed by atoms with Crippen LogP contribution in [-0.2, 0) is 9.84 Å². The minimum Gasteiger partial charge on any atom is -0.223 e. The van der Waals surface area contributed by atoms with Crippen LogP contribution >= 0.6 is 0 Å². The molecule has 0 heterocycles. The fourth-order valence-electron chi connectivity index (χ4n) is 4.61. The Hall–Kier alpha value is -2.05. The average molecular weight is 365 g/mol. The predicted molar refractivity (Wildman–Crippen MR) is 104 cm³/mol. The van der Waals surface area contributed by atoms with Gasteiger partial charge in [-0.05, 0) is 49.4 Å². The summed E-state index contributed by atoms with van der Waals surface area (Å²) in [6.07, 6.45) is 6.12. The van der Waals surface area contributed by atoms with E-state index in [9.17, 15) is 8.42 Å². The zero-order valence-electron chi connectivity index (χ0n) is 14.9. The molecule has 0 aromatic heterocycles. The highest BCUT2D eigenvalue weighted by atomic mass is 32.2. The molecule has 2 saturated carbocycles. The summed E-state index contributed by atoms with van der Waals surface area (Å²) in [6, 6.07) is 18.9. The summed E-state index contributed by atoms with van der Waals surface area (Å²) in [5.41, 5.74) is 0.887. The van der Waals surface area contributed by atoms with Crippen LogP contribution < -0.4 is 0 Å². The molecule has 0 amide bonds. The molecule has 3 atom stereocenters. The van der Waals surface area contributed by atoms with E-state index < -0.39 is 9.84 Å². The van der Waals surface area contributed by atoms with Crippen molar-refractivity contribution in [1.29, 1.82) is 0 Å². The highest BCUT2D eigenvalue weighted by Gasteiger charge is 2.57. The third kappa shape index (κ3) is 3.08. The summed E-state index contributed by atoms with van der Waals surface area (Å²) in [5, 5.41) is -0.284. The Balaban J connectivity index is 1.65. The number of sulfone groups is 1. The first-order valence-electron chi connectivity index (χ1n) is 9.49. The van der Waals surface area contributed by atoms with Crippen molar-refractivity contribution in [1.82, 2.24) is 0 Å². The van der Waals surface area contributed by atoms with E-state index in [0.717, 1.165) is 31.2 Å². The van der Waals surface area contributed by atoms with Crippen LogP contribution in [0, 0.1) is 23.2 Å². The molecule has 26 heavy (non-hydrogen) atoms. The Morgan fingerprint density at radius 2 is 1.58 bits per heavy atom. The Kier molecular flexibility index (Phi) is 4.63. The van der Waals surface area contributed by atoms with E-state index in [4.69, 9.17) is 0 Å². The van der Waals surface area contributed by atoms with Crippen molar-refractivity contribution < 1.29 is 8.42 Å². The summed E-state index contributed by atoms with van der Waals surface area (Å²) >= 11 is 0. The lowest BCUT2D eigenvalue weighted by atomic mass is 9.57. The van der Waals surface area contributed by atoms with Gasteiger partial charge in [-0.3, -0.25) is 0 Å². The van der Waals surface area contributed by atoms with Crippen molar-refractivity contribution >= 4 is 9.84 Å². The van der Waals surface area contributed by atoms with Gasteiger partial charge in [-0.1, -0.05) is 67.5 Å². The Morgan fingerprint density at radius 1 is 0.885 bits per heavy atom. The largest absolute Gasteiger partial charge is 0.223 e. The first kappa shape index (κ1) is 17.4. The number of hydrogen-bond acceptors (Lipinski definition) is 2. The van der Waals surface area contributed by atoms with Gasteiger partial charge < -0.3 is 0 Å². The van der Waals surface area contributed by atoms with Gasteiger partial charge in [0.05, 0.1) is 10.1 Å². The van der Waals surface area contributed by atoms with Crippen LogP contribution in [-0.4, -0.2) is 13.7 Å². The monoisotopic (exact) mass is 364 g/mol. The van der Waals surface area contributed by atoms with E-state index >= 15 is 0 Å². The minimum atomic E-state index is -3.28.